The molecule has 0 atom stereocenters. The van der Waals surface area contributed by atoms with Crippen LogP contribution in [0.15, 0.2) is 109 Å². The van der Waals surface area contributed by atoms with Crippen molar-refractivity contribution in [2.45, 2.75) is 0 Å². The summed E-state index contributed by atoms with van der Waals surface area (Å²) in [5, 5.41) is 0. The molecule has 1 aliphatic rings. The Labute approximate surface area is 177 Å². The van der Waals surface area contributed by atoms with Crippen LogP contribution >= 0.6 is 0 Å². The predicted molar refractivity (Wildman–Crippen MR) is 122 cm³/mol. The number of methoxy groups -OCH3 is 1. The Balaban J connectivity index is 1.76. The van der Waals surface area contributed by atoms with Crippen LogP contribution in [-0.2, 0) is 0 Å². The SMILES string of the molecule is COc1ccc(C(=O)/C=C2\C=C(c3ccccc3)C=C(c3ccccc3)N2C)cc1. The number of hydrogen-bond acceptors (Lipinski definition) is 3. The highest BCUT2D eigenvalue weighted by atomic mass is 16.5. The van der Waals surface area contributed by atoms with Crippen molar-refractivity contribution in [2.75, 3.05) is 14.2 Å². The van der Waals surface area contributed by atoms with Gasteiger partial charge in [0.05, 0.1) is 7.11 Å². The first-order valence-electron chi connectivity index (χ1n) is 9.84. The molecule has 30 heavy (non-hydrogen) atoms. The molecule has 3 nitrogen and oxygen atoms in total. The summed E-state index contributed by atoms with van der Waals surface area (Å²) in [6.07, 6.45) is 5.92. The summed E-state index contributed by atoms with van der Waals surface area (Å²) in [5.41, 5.74) is 5.80. The van der Waals surface area contributed by atoms with Crippen molar-refractivity contribution in [3.8, 4) is 5.75 Å². The van der Waals surface area contributed by atoms with Crippen molar-refractivity contribution in [3.05, 3.63) is 126 Å². The van der Waals surface area contributed by atoms with Gasteiger partial charge in [0.1, 0.15) is 5.75 Å². The molecule has 0 bridgehead atoms. The Morgan fingerprint density at radius 1 is 0.800 bits per heavy atom. The number of likely N-dealkylation sites (N-methyl/N-ethyl adjacent to an activating group) is 1. The lowest BCUT2D eigenvalue weighted by Gasteiger charge is -2.29. The summed E-state index contributed by atoms with van der Waals surface area (Å²) in [4.78, 5) is 15.0. The van der Waals surface area contributed by atoms with Gasteiger partial charge < -0.3 is 9.64 Å². The van der Waals surface area contributed by atoms with Gasteiger partial charge in [0.25, 0.3) is 0 Å². The summed E-state index contributed by atoms with van der Waals surface area (Å²) >= 11 is 0. The van der Waals surface area contributed by atoms with E-state index in [1.165, 1.54) is 0 Å². The van der Waals surface area contributed by atoms with Crippen LogP contribution in [0.4, 0.5) is 0 Å². The molecule has 0 N–H and O–H groups in total. The van der Waals surface area contributed by atoms with Crippen LogP contribution in [0.2, 0.25) is 0 Å². The van der Waals surface area contributed by atoms with E-state index in [4.69, 9.17) is 4.74 Å². The van der Waals surface area contributed by atoms with Gasteiger partial charge in [-0.2, -0.15) is 0 Å². The number of carbonyl (C=O) groups excluding carboxylic acids is 1. The van der Waals surface area contributed by atoms with E-state index in [1.54, 1.807) is 37.5 Å². The van der Waals surface area contributed by atoms with E-state index in [1.807, 2.05) is 43.4 Å². The highest BCUT2D eigenvalue weighted by molar-refractivity contribution is 6.06. The average Bonchev–Trinajstić information content (AvgIpc) is 2.81. The van der Waals surface area contributed by atoms with Crippen molar-refractivity contribution in [3.63, 3.8) is 0 Å². The smallest absolute Gasteiger partial charge is 0.187 e. The zero-order chi connectivity index (χ0) is 20.9. The summed E-state index contributed by atoms with van der Waals surface area (Å²) in [6.45, 7) is 0. The van der Waals surface area contributed by atoms with E-state index in [0.29, 0.717) is 5.56 Å². The van der Waals surface area contributed by atoms with E-state index < -0.39 is 0 Å². The average molecular weight is 393 g/mol. The summed E-state index contributed by atoms with van der Waals surface area (Å²) < 4.78 is 5.19. The maximum absolute atomic E-state index is 13.0. The van der Waals surface area contributed by atoms with Crippen molar-refractivity contribution >= 4 is 17.1 Å². The second kappa shape index (κ2) is 8.66. The van der Waals surface area contributed by atoms with Gasteiger partial charge in [0.2, 0.25) is 0 Å². The van der Waals surface area contributed by atoms with E-state index in [0.717, 1.165) is 33.8 Å². The molecule has 3 aromatic rings. The van der Waals surface area contributed by atoms with E-state index in [-0.39, 0.29) is 5.78 Å². The van der Waals surface area contributed by atoms with Crippen LogP contribution in [0.1, 0.15) is 21.5 Å². The molecule has 3 aromatic carbocycles. The predicted octanol–water partition coefficient (Wildman–Crippen LogP) is 5.83. The van der Waals surface area contributed by atoms with E-state index in [9.17, 15) is 4.79 Å². The van der Waals surface area contributed by atoms with Crippen LogP contribution < -0.4 is 4.74 Å². The van der Waals surface area contributed by atoms with Crippen molar-refractivity contribution in [1.29, 1.82) is 0 Å². The Morgan fingerprint density at radius 3 is 2.00 bits per heavy atom. The van der Waals surface area contributed by atoms with Crippen molar-refractivity contribution in [2.24, 2.45) is 0 Å². The number of allylic oxidation sites excluding steroid dienone is 4. The summed E-state index contributed by atoms with van der Waals surface area (Å²) in [6, 6.07) is 27.6. The quantitative estimate of drug-likeness (QED) is 0.403. The molecular weight excluding hydrogens is 370 g/mol. The molecule has 0 spiro atoms. The lowest BCUT2D eigenvalue weighted by Crippen LogP contribution is -2.19. The largest absolute Gasteiger partial charge is 0.497 e. The highest BCUT2D eigenvalue weighted by Crippen LogP contribution is 2.33. The molecule has 0 radical (unpaired) electrons. The molecule has 0 unspecified atom stereocenters. The Hall–Kier alpha value is -3.85. The molecule has 1 heterocycles. The van der Waals surface area contributed by atoms with E-state index in [2.05, 4.69) is 41.3 Å². The standard InChI is InChI=1S/C27H23NO2/c1-28-24(19-27(29)22-13-15-25(30-2)16-14-22)17-23(20-9-5-3-6-10-20)18-26(28)21-11-7-4-8-12-21/h3-19H,1-2H3/b24-19+. The first kappa shape index (κ1) is 19.5. The van der Waals surface area contributed by atoms with E-state index >= 15 is 0 Å². The third kappa shape index (κ3) is 4.11. The molecule has 3 heteroatoms. The van der Waals surface area contributed by atoms with Crippen molar-refractivity contribution in [1.82, 2.24) is 4.90 Å². The topological polar surface area (TPSA) is 29.5 Å². The number of nitrogens with zero attached hydrogens (tertiary/aromatic N) is 1. The number of carbonyl (C=O) groups is 1. The zero-order valence-electron chi connectivity index (χ0n) is 17.1. The number of benzene rings is 3. The van der Waals surface area contributed by atoms with Crippen LogP contribution in [0.5, 0.6) is 5.75 Å². The van der Waals surface area contributed by atoms with Gasteiger partial charge in [-0.25, -0.2) is 0 Å². The minimum Gasteiger partial charge on any atom is -0.497 e. The second-order valence-electron chi connectivity index (χ2n) is 7.08. The van der Waals surface area contributed by atoms with Gasteiger partial charge in [0.15, 0.2) is 5.78 Å². The normalized spacial score (nSPS) is 14.9. The van der Waals surface area contributed by atoms with Gasteiger partial charge >= 0.3 is 0 Å². The van der Waals surface area contributed by atoms with Crippen LogP contribution in [-0.4, -0.2) is 24.8 Å². The number of hydrogen-bond donors (Lipinski definition) is 0. The first-order chi connectivity index (χ1) is 14.7. The van der Waals surface area contributed by atoms with Gasteiger partial charge in [0, 0.05) is 30.1 Å². The summed E-state index contributed by atoms with van der Waals surface area (Å²) in [7, 11) is 3.60. The lowest BCUT2D eigenvalue weighted by molar-refractivity contribution is 0.104. The molecule has 0 saturated carbocycles. The lowest BCUT2D eigenvalue weighted by atomic mass is 9.96. The minimum absolute atomic E-state index is 0.0440. The maximum Gasteiger partial charge on any atom is 0.187 e. The maximum atomic E-state index is 13.0. The molecule has 0 fully saturated rings. The second-order valence-corrected chi connectivity index (χ2v) is 7.08. The zero-order valence-corrected chi connectivity index (χ0v) is 17.1. The Kier molecular flexibility index (Phi) is 5.62. The molecular formula is C27H23NO2. The number of ether oxygens (including phenoxy) is 1. The fourth-order valence-electron chi connectivity index (χ4n) is 3.48. The number of ketones is 1. The fourth-order valence-corrected chi connectivity index (χ4v) is 3.48. The fraction of sp³-hybridized carbons (Fsp3) is 0.0741. The molecule has 0 aliphatic carbocycles. The number of rotatable bonds is 5. The molecule has 0 amide bonds. The van der Waals surface area contributed by atoms with Gasteiger partial charge in [-0.3, -0.25) is 4.79 Å². The van der Waals surface area contributed by atoms with Gasteiger partial charge in [-0.05, 0) is 53.1 Å². The van der Waals surface area contributed by atoms with Crippen LogP contribution in [0.25, 0.3) is 11.3 Å². The molecule has 0 saturated heterocycles. The summed E-state index contributed by atoms with van der Waals surface area (Å²) in [5.74, 6) is 0.687. The highest BCUT2D eigenvalue weighted by Gasteiger charge is 2.19. The van der Waals surface area contributed by atoms with Gasteiger partial charge in [-0.1, -0.05) is 60.7 Å². The third-order valence-corrected chi connectivity index (χ3v) is 5.17. The Bertz CT molecular complexity index is 1120. The molecule has 4 rings (SSSR count). The van der Waals surface area contributed by atoms with Gasteiger partial charge in [-0.15, -0.1) is 0 Å². The molecule has 0 aromatic heterocycles. The first-order valence-corrected chi connectivity index (χ1v) is 9.84. The third-order valence-electron chi connectivity index (χ3n) is 5.17. The monoisotopic (exact) mass is 393 g/mol. The molecule has 1 aliphatic heterocycles. The van der Waals surface area contributed by atoms with Crippen molar-refractivity contribution < 1.29 is 9.53 Å². The minimum atomic E-state index is -0.0440. The Morgan fingerprint density at radius 2 is 1.40 bits per heavy atom. The van der Waals surface area contributed by atoms with Crippen LogP contribution in [0.3, 0.4) is 0 Å². The van der Waals surface area contributed by atoms with Crippen LogP contribution in [0, 0.1) is 0 Å². The molecule has 148 valence electrons.